The molecule has 0 aliphatic heterocycles. The summed E-state index contributed by atoms with van der Waals surface area (Å²) in [7, 11) is 1.55. The van der Waals surface area contributed by atoms with E-state index in [-0.39, 0.29) is 5.92 Å². The zero-order chi connectivity index (χ0) is 22.1. The van der Waals surface area contributed by atoms with Gasteiger partial charge in [0.05, 0.1) is 30.5 Å². The number of carbonyl (C=O) groups is 2. The van der Waals surface area contributed by atoms with Crippen LogP contribution in [0.2, 0.25) is 5.02 Å². The second-order valence-corrected chi connectivity index (χ2v) is 7.13. The quantitative estimate of drug-likeness (QED) is 0.468. The maximum atomic E-state index is 12.6. The molecule has 0 saturated heterocycles. The Labute approximate surface area is 181 Å². The molecule has 7 nitrogen and oxygen atoms in total. The standard InChI is InChI=1S/C22H26ClN3O4/c1-5-30-20-15(9-8-12-18(20)29-4)13-24-26-22(28)19(14(2)3)25-21(27)16-10-6-7-11-17(16)23/h6-14,19H,5H2,1-4H3,(H,25,27)(H,26,28)/b24-13+. The summed E-state index contributed by atoms with van der Waals surface area (Å²) in [6.07, 6.45) is 1.47. The topological polar surface area (TPSA) is 89.0 Å². The molecule has 0 radical (unpaired) electrons. The summed E-state index contributed by atoms with van der Waals surface area (Å²) in [5.74, 6) is 0.0712. The highest BCUT2D eigenvalue weighted by Gasteiger charge is 2.25. The van der Waals surface area contributed by atoms with Gasteiger partial charge in [0.1, 0.15) is 6.04 Å². The lowest BCUT2D eigenvalue weighted by atomic mass is 10.0. The lowest BCUT2D eigenvalue weighted by Crippen LogP contribution is -2.48. The van der Waals surface area contributed by atoms with Gasteiger partial charge in [0.25, 0.3) is 11.8 Å². The Morgan fingerprint density at radius 1 is 1.17 bits per heavy atom. The van der Waals surface area contributed by atoms with Gasteiger partial charge in [0, 0.05) is 5.56 Å². The molecule has 0 heterocycles. The van der Waals surface area contributed by atoms with E-state index >= 15 is 0 Å². The van der Waals surface area contributed by atoms with Crippen LogP contribution in [-0.4, -0.2) is 37.8 Å². The van der Waals surface area contributed by atoms with Gasteiger partial charge in [0.2, 0.25) is 0 Å². The first-order valence-corrected chi connectivity index (χ1v) is 9.94. The summed E-state index contributed by atoms with van der Waals surface area (Å²) in [5, 5.41) is 7.06. The van der Waals surface area contributed by atoms with Gasteiger partial charge in [-0.1, -0.05) is 43.6 Å². The van der Waals surface area contributed by atoms with Crippen LogP contribution < -0.4 is 20.2 Å². The van der Waals surface area contributed by atoms with E-state index in [1.807, 2.05) is 20.8 Å². The summed E-state index contributed by atoms with van der Waals surface area (Å²) in [6.45, 7) is 5.98. The molecule has 1 atom stereocenters. The van der Waals surface area contributed by atoms with Gasteiger partial charge in [-0.05, 0) is 37.1 Å². The van der Waals surface area contributed by atoms with Crippen LogP contribution in [0.4, 0.5) is 0 Å². The van der Waals surface area contributed by atoms with Crippen molar-refractivity contribution in [1.82, 2.24) is 10.7 Å². The Morgan fingerprint density at radius 3 is 2.53 bits per heavy atom. The number of amides is 2. The van der Waals surface area contributed by atoms with Crippen molar-refractivity contribution in [2.24, 2.45) is 11.0 Å². The Kier molecular flexibility index (Phi) is 8.68. The van der Waals surface area contributed by atoms with Gasteiger partial charge in [-0.3, -0.25) is 9.59 Å². The smallest absolute Gasteiger partial charge is 0.262 e. The van der Waals surface area contributed by atoms with Crippen molar-refractivity contribution in [2.75, 3.05) is 13.7 Å². The van der Waals surface area contributed by atoms with Gasteiger partial charge < -0.3 is 14.8 Å². The van der Waals surface area contributed by atoms with Gasteiger partial charge in [-0.25, -0.2) is 5.43 Å². The van der Waals surface area contributed by atoms with Gasteiger partial charge >= 0.3 is 0 Å². The van der Waals surface area contributed by atoms with E-state index in [0.29, 0.717) is 34.3 Å². The maximum Gasteiger partial charge on any atom is 0.262 e. The van der Waals surface area contributed by atoms with Crippen molar-refractivity contribution in [2.45, 2.75) is 26.8 Å². The third-order valence-electron chi connectivity index (χ3n) is 4.25. The lowest BCUT2D eigenvalue weighted by Gasteiger charge is -2.20. The zero-order valence-electron chi connectivity index (χ0n) is 17.4. The van der Waals surface area contributed by atoms with E-state index < -0.39 is 17.9 Å². The molecule has 2 aromatic rings. The third-order valence-corrected chi connectivity index (χ3v) is 4.58. The normalized spacial score (nSPS) is 11.9. The van der Waals surface area contributed by atoms with Crippen LogP contribution in [0.3, 0.4) is 0 Å². The number of para-hydroxylation sites is 1. The second-order valence-electron chi connectivity index (χ2n) is 6.72. The Balaban J connectivity index is 2.11. The Morgan fingerprint density at radius 2 is 1.90 bits per heavy atom. The minimum absolute atomic E-state index is 0.164. The summed E-state index contributed by atoms with van der Waals surface area (Å²) >= 11 is 6.07. The summed E-state index contributed by atoms with van der Waals surface area (Å²) < 4.78 is 10.9. The van der Waals surface area contributed by atoms with E-state index in [1.165, 1.54) is 6.21 Å². The number of methoxy groups -OCH3 is 1. The summed E-state index contributed by atoms with van der Waals surface area (Å²) in [5.41, 5.74) is 3.43. The van der Waals surface area contributed by atoms with E-state index in [4.69, 9.17) is 21.1 Å². The highest BCUT2D eigenvalue weighted by atomic mass is 35.5. The minimum atomic E-state index is -0.789. The largest absolute Gasteiger partial charge is 0.493 e. The molecule has 2 aromatic carbocycles. The van der Waals surface area contributed by atoms with Crippen molar-refractivity contribution < 1.29 is 19.1 Å². The maximum absolute atomic E-state index is 12.6. The van der Waals surface area contributed by atoms with Crippen molar-refractivity contribution in [3.8, 4) is 11.5 Å². The van der Waals surface area contributed by atoms with Crippen LogP contribution in [0.15, 0.2) is 47.6 Å². The van der Waals surface area contributed by atoms with Crippen molar-refractivity contribution >= 4 is 29.6 Å². The minimum Gasteiger partial charge on any atom is -0.493 e. The molecule has 2 rings (SSSR count). The fourth-order valence-electron chi connectivity index (χ4n) is 2.73. The van der Waals surface area contributed by atoms with Crippen LogP contribution in [0, 0.1) is 5.92 Å². The predicted octanol–water partition coefficient (Wildman–Crippen LogP) is 3.65. The molecule has 0 aromatic heterocycles. The van der Waals surface area contributed by atoms with Crippen molar-refractivity contribution in [1.29, 1.82) is 0 Å². The Bertz CT molecular complexity index is 915. The van der Waals surface area contributed by atoms with Gasteiger partial charge in [0.15, 0.2) is 11.5 Å². The molecule has 0 spiro atoms. The zero-order valence-corrected chi connectivity index (χ0v) is 18.2. The molecule has 160 valence electrons. The van der Waals surface area contributed by atoms with Crippen LogP contribution in [0.5, 0.6) is 11.5 Å². The van der Waals surface area contributed by atoms with E-state index in [2.05, 4.69) is 15.8 Å². The number of hydrogen-bond acceptors (Lipinski definition) is 5. The molecule has 0 saturated carbocycles. The summed E-state index contributed by atoms with van der Waals surface area (Å²) in [4.78, 5) is 25.2. The van der Waals surface area contributed by atoms with Crippen LogP contribution >= 0.6 is 11.6 Å². The SMILES string of the molecule is CCOc1c(/C=N/NC(=O)C(NC(=O)c2ccccc2Cl)C(C)C)cccc1OC. The molecule has 2 amide bonds. The van der Waals surface area contributed by atoms with Crippen molar-refractivity contribution in [3.63, 3.8) is 0 Å². The number of hydrogen-bond donors (Lipinski definition) is 2. The fourth-order valence-corrected chi connectivity index (χ4v) is 2.95. The van der Waals surface area contributed by atoms with Crippen LogP contribution in [0.1, 0.15) is 36.7 Å². The molecule has 0 fully saturated rings. The van der Waals surface area contributed by atoms with Crippen LogP contribution in [0.25, 0.3) is 0 Å². The molecule has 0 aliphatic rings. The second kappa shape index (κ2) is 11.2. The van der Waals surface area contributed by atoms with Gasteiger partial charge in [-0.2, -0.15) is 5.10 Å². The monoisotopic (exact) mass is 431 g/mol. The van der Waals surface area contributed by atoms with Crippen LogP contribution in [-0.2, 0) is 4.79 Å². The molecule has 1 unspecified atom stereocenters. The summed E-state index contributed by atoms with van der Waals surface area (Å²) in [6, 6.07) is 11.2. The average molecular weight is 432 g/mol. The first kappa shape index (κ1) is 23.2. The van der Waals surface area contributed by atoms with E-state index in [0.717, 1.165) is 0 Å². The molecule has 30 heavy (non-hydrogen) atoms. The number of halogens is 1. The van der Waals surface area contributed by atoms with Gasteiger partial charge in [-0.15, -0.1) is 0 Å². The number of ether oxygens (including phenoxy) is 2. The third kappa shape index (κ3) is 5.97. The number of rotatable bonds is 9. The number of hydrazone groups is 1. The first-order chi connectivity index (χ1) is 14.4. The fraction of sp³-hybridized carbons (Fsp3) is 0.318. The number of nitrogens with one attached hydrogen (secondary N) is 2. The van der Waals surface area contributed by atoms with E-state index in [1.54, 1.807) is 49.6 Å². The number of benzene rings is 2. The molecule has 0 bridgehead atoms. The van der Waals surface area contributed by atoms with E-state index in [9.17, 15) is 9.59 Å². The average Bonchev–Trinajstić information content (AvgIpc) is 2.73. The number of carbonyl (C=O) groups excluding carboxylic acids is 2. The predicted molar refractivity (Wildman–Crippen MR) is 117 cm³/mol. The highest BCUT2D eigenvalue weighted by molar-refractivity contribution is 6.33. The molecular formula is C22H26ClN3O4. The number of nitrogens with zero attached hydrogens (tertiary/aromatic N) is 1. The first-order valence-electron chi connectivity index (χ1n) is 9.57. The van der Waals surface area contributed by atoms with Crippen molar-refractivity contribution in [3.05, 3.63) is 58.6 Å². The Hall–Kier alpha value is -3.06. The molecule has 0 aliphatic carbocycles. The highest BCUT2D eigenvalue weighted by Crippen LogP contribution is 2.29. The molecule has 8 heteroatoms. The molecule has 2 N–H and O–H groups in total. The lowest BCUT2D eigenvalue weighted by molar-refractivity contribution is -0.123. The molecular weight excluding hydrogens is 406 g/mol.